The average molecular weight is 417 g/mol. The van der Waals surface area contributed by atoms with Crippen LogP contribution in [0.4, 0.5) is 0 Å². The molecule has 1 saturated carbocycles. The third-order valence-corrected chi connectivity index (χ3v) is 6.68. The van der Waals surface area contributed by atoms with E-state index in [1.165, 1.54) is 73.6 Å². The van der Waals surface area contributed by atoms with Crippen LogP contribution in [0.2, 0.25) is 0 Å². The number of rotatable bonds is 11. The zero-order chi connectivity index (χ0) is 21.7. The molecule has 166 valence electrons. The average Bonchev–Trinajstić information content (AvgIpc) is 2.82. The van der Waals surface area contributed by atoms with Gasteiger partial charge in [-0.05, 0) is 86.5 Å². The van der Waals surface area contributed by atoms with Crippen molar-refractivity contribution >= 4 is 6.08 Å². The maximum Gasteiger partial charge on any atom is 0.0721 e. The SMILES string of the molecule is CC=CCOCc1ccc(C2CCC(CCCCc3ccc(C=CC)cc3)CC2)cc1. The highest BCUT2D eigenvalue weighted by Crippen LogP contribution is 2.37. The second-order valence-corrected chi connectivity index (χ2v) is 9.03. The zero-order valence-corrected chi connectivity index (χ0v) is 19.6. The number of ether oxygens (including phenoxy) is 1. The van der Waals surface area contributed by atoms with E-state index >= 15 is 0 Å². The molecule has 31 heavy (non-hydrogen) atoms. The molecule has 1 nitrogen and oxygen atoms in total. The Hall–Kier alpha value is -2.12. The highest BCUT2D eigenvalue weighted by molar-refractivity contribution is 5.49. The molecule has 0 spiro atoms. The molecule has 0 unspecified atom stereocenters. The van der Waals surface area contributed by atoms with E-state index in [1.54, 1.807) is 0 Å². The molecule has 1 heteroatoms. The van der Waals surface area contributed by atoms with Gasteiger partial charge in [-0.15, -0.1) is 0 Å². The van der Waals surface area contributed by atoms with Crippen LogP contribution < -0.4 is 0 Å². The van der Waals surface area contributed by atoms with Gasteiger partial charge in [-0.1, -0.05) is 85.7 Å². The van der Waals surface area contributed by atoms with Gasteiger partial charge in [0.1, 0.15) is 0 Å². The molecule has 0 bridgehead atoms. The molecule has 0 heterocycles. The van der Waals surface area contributed by atoms with Crippen molar-refractivity contribution in [1.82, 2.24) is 0 Å². The Labute approximate surface area is 190 Å². The van der Waals surface area contributed by atoms with Gasteiger partial charge >= 0.3 is 0 Å². The molecule has 1 aliphatic carbocycles. The van der Waals surface area contributed by atoms with Crippen LogP contribution in [0.15, 0.2) is 66.8 Å². The van der Waals surface area contributed by atoms with Crippen molar-refractivity contribution in [1.29, 1.82) is 0 Å². The van der Waals surface area contributed by atoms with E-state index in [-0.39, 0.29) is 0 Å². The summed E-state index contributed by atoms with van der Waals surface area (Å²) in [5.41, 5.74) is 5.58. The summed E-state index contributed by atoms with van der Waals surface area (Å²) in [7, 11) is 0. The first-order valence-corrected chi connectivity index (χ1v) is 12.3. The zero-order valence-electron chi connectivity index (χ0n) is 19.6. The second-order valence-electron chi connectivity index (χ2n) is 9.03. The summed E-state index contributed by atoms with van der Waals surface area (Å²) in [4.78, 5) is 0. The first-order valence-electron chi connectivity index (χ1n) is 12.3. The maximum absolute atomic E-state index is 5.66. The van der Waals surface area contributed by atoms with E-state index in [9.17, 15) is 0 Å². The first-order chi connectivity index (χ1) is 15.3. The van der Waals surface area contributed by atoms with Crippen LogP contribution in [0.1, 0.15) is 87.0 Å². The number of allylic oxidation sites excluding steroid dienone is 2. The maximum atomic E-state index is 5.66. The van der Waals surface area contributed by atoms with Crippen molar-refractivity contribution < 1.29 is 4.74 Å². The van der Waals surface area contributed by atoms with Crippen LogP contribution >= 0.6 is 0 Å². The van der Waals surface area contributed by atoms with E-state index in [0.717, 1.165) is 11.8 Å². The molecule has 0 aromatic heterocycles. The van der Waals surface area contributed by atoms with Gasteiger partial charge in [0.2, 0.25) is 0 Å². The van der Waals surface area contributed by atoms with Gasteiger partial charge in [0.15, 0.2) is 0 Å². The lowest BCUT2D eigenvalue weighted by atomic mass is 9.77. The van der Waals surface area contributed by atoms with E-state index in [0.29, 0.717) is 13.2 Å². The molecular formula is C30H40O. The van der Waals surface area contributed by atoms with Gasteiger partial charge in [0.25, 0.3) is 0 Å². The van der Waals surface area contributed by atoms with Crippen LogP contribution in [0.25, 0.3) is 6.08 Å². The van der Waals surface area contributed by atoms with Gasteiger partial charge in [-0.3, -0.25) is 0 Å². The summed E-state index contributed by atoms with van der Waals surface area (Å²) in [5, 5.41) is 0. The van der Waals surface area contributed by atoms with Crippen molar-refractivity contribution in [3.8, 4) is 0 Å². The van der Waals surface area contributed by atoms with Gasteiger partial charge < -0.3 is 4.74 Å². The van der Waals surface area contributed by atoms with E-state index in [1.807, 2.05) is 13.0 Å². The Morgan fingerprint density at radius 2 is 1.52 bits per heavy atom. The lowest BCUT2D eigenvalue weighted by molar-refractivity contribution is 0.148. The predicted molar refractivity (Wildman–Crippen MR) is 134 cm³/mol. The largest absolute Gasteiger partial charge is 0.373 e. The van der Waals surface area contributed by atoms with Crippen molar-refractivity contribution in [2.24, 2.45) is 5.92 Å². The van der Waals surface area contributed by atoms with E-state index < -0.39 is 0 Å². The molecule has 2 aromatic rings. The molecule has 1 aliphatic rings. The molecule has 0 radical (unpaired) electrons. The van der Waals surface area contributed by atoms with E-state index in [4.69, 9.17) is 4.74 Å². The van der Waals surface area contributed by atoms with Crippen molar-refractivity contribution in [3.05, 3.63) is 89.0 Å². The molecule has 2 aromatic carbocycles. The first kappa shape index (κ1) is 23.5. The second kappa shape index (κ2) is 13.3. The highest BCUT2D eigenvalue weighted by Gasteiger charge is 2.22. The Bertz CT molecular complexity index is 789. The van der Waals surface area contributed by atoms with Crippen LogP contribution in [-0.2, 0) is 17.8 Å². The van der Waals surface area contributed by atoms with Crippen LogP contribution in [0, 0.1) is 5.92 Å². The Balaban J connectivity index is 1.32. The van der Waals surface area contributed by atoms with E-state index in [2.05, 4.69) is 73.7 Å². The standard InChI is InChI=1S/C30H40O/c1-3-5-23-31-24-28-17-21-30(22-18-28)29-19-15-27(16-20-29)10-7-6-9-26-13-11-25(8-4-2)12-14-26/h3-5,8,11-14,17-18,21-22,27,29H,6-7,9-10,15-16,19-20,23-24H2,1-2H3. The Kier molecular flexibility index (Phi) is 10.1. The normalized spacial score (nSPS) is 19.4. The number of unbranched alkanes of at least 4 members (excludes halogenated alkanes) is 1. The fraction of sp³-hybridized carbons (Fsp3) is 0.467. The lowest BCUT2D eigenvalue weighted by Gasteiger charge is -2.29. The van der Waals surface area contributed by atoms with Crippen LogP contribution in [0.3, 0.4) is 0 Å². The van der Waals surface area contributed by atoms with Crippen LogP contribution in [0.5, 0.6) is 0 Å². The fourth-order valence-corrected chi connectivity index (χ4v) is 4.76. The van der Waals surface area contributed by atoms with Gasteiger partial charge in [-0.25, -0.2) is 0 Å². The summed E-state index contributed by atoms with van der Waals surface area (Å²) < 4.78 is 5.66. The monoisotopic (exact) mass is 416 g/mol. The molecule has 0 aliphatic heterocycles. The quantitative estimate of drug-likeness (QED) is 0.263. The molecule has 3 rings (SSSR count). The third-order valence-electron chi connectivity index (χ3n) is 6.68. The molecule has 0 N–H and O–H groups in total. The molecule has 0 saturated heterocycles. The minimum Gasteiger partial charge on any atom is -0.373 e. The van der Waals surface area contributed by atoms with Gasteiger partial charge in [0.05, 0.1) is 13.2 Å². The van der Waals surface area contributed by atoms with Crippen LogP contribution in [-0.4, -0.2) is 6.61 Å². The predicted octanol–water partition coefficient (Wildman–Crippen LogP) is 8.50. The molecule has 1 fully saturated rings. The minimum atomic E-state index is 0.700. The number of hydrogen-bond donors (Lipinski definition) is 0. The van der Waals surface area contributed by atoms with Gasteiger partial charge in [-0.2, -0.15) is 0 Å². The summed E-state index contributed by atoms with van der Waals surface area (Å²) >= 11 is 0. The summed E-state index contributed by atoms with van der Waals surface area (Å²) in [5.74, 6) is 1.69. The summed E-state index contributed by atoms with van der Waals surface area (Å²) in [6.45, 7) is 5.50. The Morgan fingerprint density at radius 1 is 0.806 bits per heavy atom. The third kappa shape index (κ3) is 8.15. The highest BCUT2D eigenvalue weighted by atomic mass is 16.5. The number of benzene rings is 2. The van der Waals surface area contributed by atoms with Crippen molar-refractivity contribution in [2.75, 3.05) is 6.61 Å². The molecule has 0 amide bonds. The minimum absolute atomic E-state index is 0.700. The smallest absolute Gasteiger partial charge is 0.0721 e. The van der Waals surface area contributed by atoms with Crippen molar-refractivity contribution in [3.63, 3.8) is 0 Å². The lowest BCUT2D eigenvalue weighted by Crippen LogP contribution is -2.13. The van der Waals surface area contributed by atoms with Gasteiger partial charge in [0, 0.05) is 0 Å². The summed E-state index contributed by atoms with van der Waals surface area (Å²) in [6, 6.07) is 18.2. The number of aryl methyl sites for hydroxylation is 1. The Morgan fingerprint density at radius 3 is 2.19 bits per heavy atom. The topological polar surface area (TPSA) is 9.23 Å². The molecule has 0 atom stereocenters. The van der Waals surface area contributed by atoms with Crippen molar-refractivity contribution in [2.45, 2.75) is 77.7 Å². The fourth-order valence-electron chi connectivity index (χ4n) is 4.76. The number of hydrogen-bond acceptors (Lipinski definition) is 1. The molecular weight excluding hydrogens is 376 g/mol. The summed E-state index contributed by atoms with van der Waals surface area (Å²) in [6.07, 6.45) is 19.2.